The van der Waals surface area contributed by atoms with Crippen LogP contribution in [-0.2, 0) is 6.42 Å². The van der Waals surface area contributed by atoms with Gasteiger partial charge in [-0.25, -0.2) is 0 Å². The number of benzene rings is 1. The summed E-state index contributed by atoms with van der Waals surface area (Å²) in [6.45, 7) is 4.13. The van der Waals surface area contributed by atoms with Gasteiger partial charge in [0.05, 0.1) is 6.07 Å². The van der Waals surface area contributed by atoms with Gasteiger partial charge in [0.15, 0.2) is 6.04 Å². The molecular weight excluding hydrogens is 264 g/mol. The molecule has 0 saturated carbocycles. The van der Waals surface area contributed by atoms with Crippen molar-refractivity contribution < 1.29 is 4.74 Å². The first-order valence-electron chi connectivity index (χ1n) is 6.68. The molecule has 5 nitrogen and oxygen atoms in total. The average Bonchev–Trinajstić information content (AvgIpc) is 2.46. The van der Waals surface area contributed by atoms with E-state index < -0.39 is 6.04 Å². The van der Waals surface area contributed by atoms with Gasteiger partial charge in [-0.05, 0) is 56.0 Å². The number of nitrogens with one attached hydrogen (secondary N) is 1. The lowest BCUT2D eigenvalue weighted by molar-refractivity contribution is 0.0847. The molecule has 1 heterocycles. The first-order chi connectivity index (χ1) is 9.95. The van der Waals surface area contributed by atoms with Crippen molar-refractivity contribution in [3.8, 4) is 17.9 Å². The lowest BCUT2D eigenvalue weighted by Gasteiger charge is -2.32. The Morgan fingerprint density at radius 1 is 1.48 bits per heavy atom. The van der Waals surface area contributed by atoms with Crippen molar-refractivity contribution in [2.45, 2.75) is 38.3 Å². The summed E-state index contributed by atoms with van der Waals surface area (Å²) in [5.74, 6) is 0.880. The summed E-state index contributed by atoms with van der Waals surface area (Å²) >= 11 is 0. The minimum Gasteiger partial charge on any atom is -0.488 e. The van der Waals surface area contributed by atoms with Crippen molar-refractivity contribution in [3.63, 3.8) is 0 Å². The number of nitriles is 2. The van der Waals surface area contributed by atoms with Crippen molar-refractivity contribution in [3.05, 3.63) is 29.3 Å². The van der Waals surface area contributed by atoms with Gasteiger partial charge in [-0.1, -0.05) is 0 Å². The van der Waals surface area contributed by atoms with Gasteiger partial charge in [0.1, 0.15) is 23.1 Å². The molecular formula is C16H16N4O. The highest BCUT2D eigenvalue weighted by Gasteiger charge is 2.26. The van der Waals surface area contributed by atoms with Crippen molar-refractivity contribution in [1.29, 1.82) is 15.9 Å². The van der Waals surface area contributed by atoms with Crippen LogP contribution in [0.2, 0.25) is 0 Å². The molecule has 1 atom stereocenters. The molecule has 1 aliphatic heterocycles. The van der Waals surface area contributed by atoms with E-state index in [1.807, 2.05) is 24.3 Å². The van der Waals surface area contributed by atoms with Crippen LogP contribution in [0.15, 0.2) is 23.2 Å². The van der Waals surface area contributed by atoms with Crippen LogP contribution in [0.25, 0.3) is 0 Å². The van der Waals surface area contributed by atoms with Crippen molar-refractivity contribution in [2.75, 3.05) is 0 Å². The molecule has 0 fully saturated rings. The standard InChI is InChI=1S/C16H16N4O/c1-16(2)6-5-12-7-11(3-4-15(12)21-16)10-20-14(9-18)13(19)8-17/h3-4,7,10,14,19H,5-6H2,1-2H3. The summed E-state index contributed by atoms with van der Waals surface area (Å²) in [5, 5.41) is 24.8. The fourth-order valence-electron chi connectivity index (χ4n) is 2.15. The Bertz CT molecular complexity index is 676. The number of rotatable bonds is 3. The van der Waals surface area contributed by atoms with E-state index in [-0.39, 0.29) is 11.3 Å². The largest absolute Gasteiger partial charge is 0.488 e. The third kappa shape index (κ3) is 3.46. The Kier molecular flexibility index (Phi) is 4.05. The predicted octanol–water partition coefficient (Wildman–Crippen LogP) is 2.64. The average molecular weight is 280 g/mol. The molecule has 1 unspecified atom stereocenters. The normalized spacial score (nSPS) is 17.1. The molecule has 0 aromatic heterocycles. The molecule has 0 radical (unpaired) electrons. The Labute approximate surface area is 124 Å². The molecule has 0 amide bonds. The molecule has 1 N–H and O–H groups in total. The first kappa shape index (κ1) is 14.7. The van der Waals surface area contributed by atoms with Gasteiger partial charge in [-0.15, -0.1) is 0 Å². The maximum atomic E-state index is 8.88. The number of ether oxygens (including phenoxy) is 1. The highest BCUT2D eigenvalue weighted by molar-refractivity contribution is 6.03. The van der Waals surface area contributed by atoms with Crippen molar-refractivity contribution in [1.82, 2.24) is 0 Å². The first-order valence-corrected chi connectivity index (χ1v) is 6.68. The van der Waals surface area contributed by atoms with Crippen LogP contribution in [0.3, 0.4) is 0 Å². The summed E-state index contributed by atoms with van der Waals surface area (Å²) in [6.07, 6.45) is 3.40. The second kappa shape index (κ2) is 5.76. The van der Waals surface area contributed by atoms with Gasteiger partial charge < -0.3 is 4.74 Å². The zero-order valence-corrected chi connectivity index (χ0v) is 12.1. The van der Waals surface area contributed by atoms with E-state index in [1.165, 1.54) is 6.21 Å². The number of aryl methyl sites for hydroxylation is 1. The molecule has 1 aliphatic rings. The maximum Gasteiger partial charge on any atom is 0.187 e. The summed E-state index contributed by atoms with van der Waals surface area (Å²) in [5.41, 5.74) is 1.46. The molecule has 21 heavy (non-hydrogen) atoms. The quantitative estimate of drug-likeness (QED) is 0.862. The van der Waals surface area contributed by atoms with Crippen molar-refractivity contribution >= 4 is 11.9 Å². The fourth-order valence-corrected chi connectivity index (χ4v) is 2.15. The van der Waals surface area contributed by atoms with Crippen LogP contribution in [0.1, 0.15) is 31.4 Å². The van der Waals surface area contributed by atoms with E-state index in [0.717, 1.165) is 29.7 Å². The minimum atomic E-state index is -1.04. The molecule has 1 aromatic carbocycles. The molecule has 2 rings (SSSR count). The lowest BCUT2D eigenvalue weighted by atomic mass is 9.93. The number of aliphatic imine (C=N–C) groups is 1. The Balaban J connectivity index is 2.19. The minimum absolute atomic E-state index is 0.142. The number of hydrogen-bond acceptors (Lipinski definition) is 5. The predicted molar refractivity (Wildman–Crippen MR) is 79.8 cm³/mol. The van der Waals surface area contributed by atoms with Gasteiger partial charge in [-0.3, -0.25) is 10.4 Å². The molecule has 0 spiro atoms. The van der Waals surface area contributed by atoms with Gasteiger partial charge in [0, 0.05) is 6.21 Å². The second-order valence-corrected chi connectivity index (χ2v) is 5.56. The second-order valence-electron chi connectivity index (χ2n) is 5.56. The Hall–Kier alpha value is -2.66. The van der Waals surface area contributed by atoms with E-state index in [1.54, 1.807) is 6.07 Å². The van der Waals surface area contributed by atoms with Crippen LogP contribution in [0.4, 0.5) is 0 Å². The molecule has 0 aliphatic carbocycles. The number of nitrogens with zero attached hydrogens (tertiary/aromatic N) is 3. The van der Waals surface area contributed by atoms with Gasteiger partial charge >= 0.3 is 0 Å². The van der Waals surface area contributed by atoms with Crippen LogP contribution in [0.5, 0.6) is 5.75 Å². The summed E-state index contributed by atoms with van der Waals surface area (Å²) in [4.78, 5) is 3.99. The third-order valence-electron chi connectivity index (χ3n) is 3.36. The monoisotopic (exact) mass is 280 g/mol. The Morgan fingerprint density at radius 2 is 2.24 bits per heavy atom. The number of hydrogen-bond donors (Lipinski definition) is 1. The van der Waals surface area contributed by atoms with E-state index >= 15 is 0 Å². The molecule has 0 bridgehead atoms. The van der Waals surface area contributed by atoms with Gasteiger partial charge in [-0.2, -0.15) is 10.5 Å². The molecule has 106 valence electrons. The Morgan fingerprint density at radius 3 is 2.90 bits per heavy atom. The fraction of sp³-hybridized carbons (Fsp3) is 0.375. The van der Waals surface area contributed by atoms with E-state index in [4.69, 9.17) is 20.7 Å². The third-order valence-corrected chi connectivity index (χ3v) is 3.36. The zero-order valence-electron chi connectivity index (χ0n) is 12.1. The van der Waals surface area contributed by atoms with Crippen LogP contribution in [0, 0.1) is 28.1 Å². The van der Waals surface area contributed by atoms with E-state index in [2.05, 4.69) is 18.8 Å². The lowest BCUT2D eigenvalue weighted by Crippen LogP contribution is -2.32. The highest BCUT2D eigenvalue weighted by Crippen LogP contribution is 2.33. The summed E-state index contributed by atoms with van der Waals surface area (Å²) in [7, 11) is 0. The molecule has 0 saturated heterocycles. The summed E-state index contributed by atoms with van der Waals surface area (Å²) in [6, 6.07) is 8.15. The molecule has 5 heteroatoms. The van der Waals surface area contributed by atoms with Gasteiger partial charge in [0.25, 0.3) is 0 Å². The van der Waals surface area contributed by atoms with Gasteiger partial charge in [0.2, 0.25) is 0 Å². The van der Waals surface area contributed by atoms with E-state index in [9.17, 15) is 0 Å². The summed E-state index contributed by atoms with van der Waals surface area (Å²) < 4.78 is 5.90. The smallest absolute Gasteiger partial charge is 0.187 e. The highest BCUT2D eigenvalue weighted by atomic mass is 16.5. The van der Waals surface area contributed by atoms with Crippen LogP contribution >= 0.6 is 0 Å². The van der Waals surface area contributed by atoms with Crippen LogP contribution < -0.4 is 4.74 Å². The SMILES string of the molecule is CC1(C)CCc2cc(C=NC(C#N)C(=N)C#N)ccc2O1. The zero-order chi connectivity index (χ0) is 15.5. The molecule has 1 aromatic rings. The maximum absolute atomic E-state index is 8.88. The van der Waals surface area contributed by atoms with Crippen LogP contribution in [-0.4, -0.2) is 23.6 Å². The topological polar surface area (TPSA) is 93.0 Å². The van der Waals surface area contributed by atoms with Crippen molar-refractivity contribution in [2.24, 2.45) is 4.99 Å². The van der Waals surface area contributed by atoms with E-state index in [0.29, 0.717) is 0 Å². The number of fused-ring (bicyclic) bond motifs is 1.